The number of nitrogens with zero attached hydrogens (tertiary/aromatic N) is 1. The lowest BCUT2D eigenvalue weighted by Gasteiger charge is -2.23. The number of rotatable bonds is 3. The van der Waals surface area contributed by atoms with E-state index in [9.17, 15) is 0 Å². The molecule has 1 atom stereocenters. The van der Waals surface area contributed by atoms with Crippen LogP contribution in [0.5, 0.6) is 0 Å². The maximum Gasteiger partial charge on any atom is 0.0654 e. The Hall–Kier alpha value is -0.340. The van der Waals surface area contributed by atoms with Crippen LogP contribution in [-0.2, 0) is 0 Å². The minimum atomic E-state index is 0.140. The first-order chi connectivity index (χ1) is 5.29. The Morgan fingerprint density at radius 1 is 1.73 bits per heavy atom. The van der Waals surface area contributed by atoms with Gasteiger partial charge in [-0.3, -0.25) is 4.90 Å². The highest BCUT2D eigenvalue weighted by atomic mass is 16.3. The molecule has 0 spiro atoms. The molecule has 1 aliphatic heterocycles. The van der Waals surface area contributed by atoms with Gasteiger partial charge in [-0.05, 0) is 31.5 Å². The molecule has 1 rings (SSSR count). The van der Waals surface area contributed by atoms with E-state index in [1.807, 2.05) is 0 Å². The average molecular weight is 155 g/mol. The molecule has 2 heteroatoms. The molecule has 0 saturated carbocycles. The molecule has 1 N–H and O–H groups in total. The molecule has 1 unspecified atom stereocenters. The van der Waals surface area contributed by atoms with Crippen LogP contribution in [-0.4, -0.2) is 35.7 Å². The second-order valence-corrected chi connectivity index (χ2v) is 3.10. The van der Waals surface area contributed by atoms with Gasteiger partial charge in [0.1, 0.15) is 0 Å². The summed E-state index contributed by atoms with van der Waals surface area (Å²) in [6, 6.07) is 0.449. The van der Waals surface area contributed by atoms with Gasteiger partial charge < -0.3 is 5.11 Å². The van der Waals surface area contributed by atoms with E-state index >= 15 is 0 Å². The van der Waals surface area contributed by atoms with Crippen molar-refractivity contribution in [3.05, 3.63) is 12.2 Å². The smallest absolute Gasteiger partial charge is 0.0654 e. The standard InChI is InChI=1S/C9H17NO/c1-3-10-6-4-5-9(10)8(2)7-11/h9,11H,2-7H2,1H3. The average Bonchev–Trinajstić information content (AvgIpc) is 2.50. The van der Waals surface area contributed by atoms with Gasteiger partial charge in [-0.1, -0.05) is 13.5 Å². The summed E-state index contributed by atoms with van der Waals surface area (Å²) >= 11 is 0. The Morgan fingerprint density at radius 2 is 2.45 bits per heavy atom. The minimum absolute atomic E-state index is 0.140. The fourth-order valence-electron chi connectivity index (χ4n) is 1.77. The van der Waals surface area contributed by atoms with Crippen molar-refractivity contribution >= 4 is 0 Å². The normalized spacial score (nSPS) is 25.8. The predicted molar refractivity (Wildman–Crippen MR) is 46.5 cm³/mol. The summed E-state index contributed by atoms with van der Waals surface area (Å²) in [5.74, 6) is 0. The molecule has 1 aliphatic rings. The molecule has 0 aromatic rings. The van der Waals surface area contributed by atoms with Crippen LogP contribution in [0.2, 0.25) is 0 Å². The number of likely N-dealkylation sites (N-methyl/N-ethyl adjacent to an activating group) is 1. The summed E-state index contributed by atoms with van der Waals surface area (Å²) in [6.45, 7) is 8.40. The van der Waals surface area contributed by atoms with E-state index in [0.29, 0.717) is 6.04 Å². The van der Waals surface area contributed by atoms with Crippen molar-refractivity contribution in [1.82, 2.24) is 4.90 Å². The lowest BCUT2D eigenvalue weighted by atomic mass is 10.1. The predicted octanol–water partition coefficient (Wildman–Crippen LogP) is 1.02. The monoisotopic (exact) mass is 155 g/mol. The Labute approximate surface area is 68.5 Å². The molecule has 11 heavy (non-hydrogen) atoms. The van der Waals surface area contributed by atoms with Crippen LogP contribution in [0.1, 0.15) is 19.8 Å². The zero-order valence-corrected chi connectivity index (χ0v) is 7.21. The number of likely N-dealkylation sites (tertiary alicyclic amines) is 1. The van der Waals surface area contributed by atoms with Crippen LogP contribution in [0.3, 0.4) is 0 Å². The van der Waals surface area contributed by atoms with Crippen molar-refractivity contribution in [2.24, 2.45) is 0 Å². The minimum Gasteiger partial charge on any atom is -0.392 e. The van der Waals surface area contributed by atoms with Crippen molar-refractivity contribution in [2.75, 3.05) is 19.7 Å². The van der Waals surface area contributed by atoms with E-state index in [1.165, 1.54) is 19.4 Å². The highest BCUT2D eigenvalue weighted by molar-refractivity contribution is 5.08. The van der Waals surface area contributed by atoms with Crippen LogP contribution in [0.25, 0.3) is 0 Å². The molecular weight excluding hydrogens is 138 g/mol. The van der Waals surface area contributed by atoms with Gasteiger partial charge >= 0.3 is 0 Å². The second kappa shape index (κ2) is 3.88. The molecule has 1 heterocycles. The summed E-state index contributed by atoms with van der Waals surface area (Å²) in [4.78, 5) is 2.37. The second-order valence-electron chi connectivity index (χ2n) is 3.10. The van der Waals surface area contributed by atoms with Gasteiger partial charge in [0.15, 0.2) is 0 Å². The molecule has 1 fully saturated rings. The van der Waals surface area contributed by atoms with Crippen LogP contribution in [0, 0.1) is 0 Å². The first-order valence-corrected chi connectivity index (χ1v) is 4.32. The third-order valence-electron chi connectivity index (χ3n) is 2.44. The van der Waals surface area contributed by atoms with Crippen LogP contribution >= 0.6 is 0 Å². The van der Waals surface area contributed by atoms with Gasteiger partial charge in [0.2, 0.25) is 0 Å². The van der Waals surface area contributed by atoms with Crippen LogP contribution in [0.4, 0.5) is 0 Å². The van der Waals surface area contributed by atoms with Gasteiger partial charge in [0, 0.05) is 6.04 Å². The third-order valence-corrected chi connectivity index (χ3v) is 2.44. The lowest BCUT2D eigenvalue weighted by Crippen LogP contribution is -2.31. The van der Waals surface area contributed by atoms with Crippen molar-refractivity contribution in [3.8, 4) is 0 Å². The van der Waals surface area contributed by atoms with Gasteiger partial charge in [0.25, 0.3) is 0 Å². The van der Waals surface area contributed by atoms with E-state index in [2.05, 4.69) is 18.4 Å². The molecule has 64 valence electrons. The number of aliphatic hydroxyl groups excluding tert-OH is 1. The van der Waals surface area contributed by atoms with Crippen molar-refractivity contribution in [3.63, 3.8) is 0 Å². The Morgan fingerprint density at radius 3 is 3.00 bits per heavy atom. The first-order valence-electron chi connectivity index (χ1n) is 4.32. The van der Waals surface area contributed by atoms with Gasteiger partial charge in [-0.25, -0.2) is 0 Å². The largest absolute Gasteiger partial charge is 0.392 e. The maximum absolute atomic E-state index is 8.88. The Kier molecular flexibility index (Phi) is 3.09. The molecule has 0 aromatic heterocycles. The molecule has 0 amide bonds. The summed E-state index contributed by atoms with van der Waals surface area (Å²) in [7, 11) is 0. The number of hydrogen-bond acceptors (Lipinski definition) is 2. The van der Waals surface area contributed by atoms with Crippen molar-refractivity contribution in [1.29, 1.82) is 0 Å². The maximum atomic E-state index is 8.88. The molecule has 1 saturated heterocycles. The first kappa shape index (κ1) is 8.75. The van der Waals surface area contributed by atoms with Crippen LogP contribution < -0.4 is 0 Å². The van der Waals surface area contributed by atoms with E-state index in [1.54, 1.807) is 0 Å². The van der Waals surface area contributed by atoms with Crippen molar-refractivity contribution < 1.29 is 5.11 Å². The van der Waals surface area contributed by atoms with E-state index in [4.69, 9.17) is 5.11 Å². The van der Waals surface area contributed by atoms with Gasteiger partial charge in [0.05, 0.1) is 6.61 Å². The summed E-state index contributed by atoms with van der Waals surface area (Å²) in [5, 5.41) is 8.88. The zero-order chi connectivity index (χ0) is 8.27. The van der Waals surface area contributed by atoms with E-state index in [0.717, 1.165) is 12.1 Å². The molecule has 0 aromatic carbocycles. The van der Waals surface area contributed by atoms with E-state index < -0.39 is 0 Å². The number of hydrogen-bond donors (Lipinski definition) is 1. The Balaban J connectivity index is 2.49. The summed E-state index contributed by atoms with van der Waals surface area (Å²) in [6.07, 6.45) is 2.42. The quantitative estimate of drug-likeness (QED) is 0.615. The van der Waals surface area contributed by atoms with E-state index in [-0.39, 0.29) is 6.61 Å². The fraction of sp³-hybridized carbons (Fsp3) is 0.778. The summed E-state index contributed by atoms with van der Waals surface area (Å²) in [5.41, 5.74) is 0.976. The molecular formula is C9H17NO. The highest BCUT2D eigenvalue weighted by Gasteiger charge is 2.24. The molecule has 0 bridgehead atoms. The topological polar surface area (TPSA) is 23.5 Å². The lowest BCUT2D eigenvalue weighted by molar-refractivity contribution is 0.257. The van der Waals surface area contributed by atoms with Crippen molar-refractivity contribution in [2.45, 2.75) is 25.8 Å². The Bertz CT molecular complexity index is 144. The van der Waals surface area contributed by atoms with Gasteiger partial charge in [-0.2, -0.15) is 0 Å². The summed E-state index contributed by atoms with van der Waals surface area (Å²) < 4.78 is 0. The molecule has 2 nitrogen and oxygen atoms in total. The zero-order valence-electron chi connectivity index (χ0n) is 7.21. The van der Waals surface area contributed by atoms with Crippen LogP contribution in [0.15, 0.2) is 12.2 Å². The van der Waals surface area contributed by atoms with Gasteiger partial charge in [-0.15, -0.1) is 0 Å². The third kappa shape index (κ3) is 1.82. The fourth-order valence-corrected chi connectivity index (χ4v) is 1.77. The molecule has 0 radical (unpaired) electrons. The molecule has 0 aliphatic carbocycles. The number of aliphatic hydroxyl groups is 1. The SMILES string of the molecule is C=C(CO)C1CCCN1CC. The highest BCUT2D eigenvalue weighted by Crippen LogP contribution is 2.21.